The lowest BCUT2D eigenvalue weighted by molar-refractivity contribution is -0.138. The minimum atomic E-state index is -4.71. The van der Waals surface area contributed by atoms with Gasteiger partial charge in [-0.25, -0.2) is 14.8 Å². The maximum atomic E-state index is 13.8. The molecule has 0 unspecified atom stereocenters. The molecular weight excluding hydrogens is 554 g/mol. The summed E-state index contributed by atoms with van der Waals surface area (Å²) in [4.78, 5) is 18.3. The first-order chi connectivity index (χ1) is 20.1. The van der Waals surface area contributed by atoms with Gasteiger partial charge in [-0.1, -0.05) is 42.5 Å². The average molecular weight is 586 g/mol. The van der Waals surface area contributed by atoms with Crippen molar-refractivity contribution in [2.75, 3.05) is 13.2 Å². The van der Waals surface area contributed by atoms with Crippen LogP contribution in [0.5, 0.6) is 5.75 Å². The van der Waals surface area contributed by atoms with Crippen LogP contribution < -0.4 is 15.6 Å². The van der Waals surface area contributed by atoms with Crippen LogP contribution in [-0.2, 0) is 22.3 Å². The first kappa shape index (κ1) is 30.7. The molecule has 1 aliphatic heterocycles. The minimum absolute atomic E-state index is 0.00172. The van der Waals surface area contributed by atoms with E-state index in [1.165, 1.54) is 0 Å². The molecule has 3 aromatic rings. The second-order valence-corrected chi connectivity index (χ2v) is 9.72. The molecule has 3 N–H and O–H groups in total. The number of benzene rings is 3. The standard InChI is InChI=1S/C31H31F4N3O4/c1-21-30(14-5-9-22-7-3-2-4-8-22,37-28(42-21)24-10-12-27(13-11-24)41-16-6-15-39)29(40)38-36-20-23-17-25(31(33,34)35)19-26(32)18-23/h2-5,7-13,17-19,21,36,39H,6,14-16,20H2,1H3,(H,38,40)/b9-5+/t21-,30-/m0/s1. The van der Waals surface area contributed by atoms with Gasteiger partial charge in [-0.2, -0.15) is 13.2 Å². The van der Waals surface area contributed by atoms with Crippen molar-refractivity contribution in [3.8, 4) is 5.75 Å². The zero-order valence-corrected chi connectivity index (χ0v) is 22.8. The van der Waals surface area contributed by atoms with Gasteiger partial charge in [0, 0.05) is 31.6 Å². The summed E-state index contributed by atoms with van der Waals surface area (Å²) in [7, 11) is 0. The molecule has 1 amide bonds. The molecule has 0 bridgehead atoms. The summed E-state index contributed by atoms with van der Waals surface area (Å²) in [5, 5.41) is 8.93. The smallest absolute Gasteiger partial charge is 0.416 e. The van der Waals surface area contributed by atoms with E-state index in [1.807, 2.05) is 42.5 Å². The van der Waals surface area contributed by atoms with Crippen LogP contribution in [0.1, 0.15) is 42.0 Å². The summed E-state index contributed by atoms with van der Waals surface area (Å²) in [5.41, 5.74) is 4.14. The Morgan fingerprint density at radius 2 is 1.86 bits per heavy atom. The van der Waals surface area contributed by atoms with Crippen molar-refractivity contribution in [1.29, 1.82) is 0 Å². The Labute approximate surface area is 240 Å². The number of carbonyl (C=O) groups is 1. The van der Waals surface area contributed by atoms with Crippen molar-refractivity contribution in [1.82, 2.24) is 10.9 Å². The maximum absolute atomic E-state index is 13.8. The number of aliphatic hydroxyl groups excluding tert-OH is 1. The monoisotopic (exact) mass is 585 g/mol. The Hall–Kier alpha value is -4.22. The van der Waals surface area contributed by atoms with Crippen LogP contribution in [0.4, 0.5) is 17.6 Å². The van der Waals surface area contributed by atoms with Crippen molar-refractivity contribution in [3.63, 3.8) is 0 Å². The van der Waals surface area contributed by atoms with E-state index in [0.29, 0.717) is 30.4 Å². The van der Waals surface area contributed by atoms with Gasteiger partial charge in [0.15, 0.2) is 5.54 Å². The number of aliphatic hydroxyl groups is 1. The van der Waals surface area contributed by atoms with Crippen molar-refractivity contribution in [3.05, 3.63) is 107 Å². The third-order valence-corrected chi connectivity index (χ3v) is 6.65. The zero-order chi connectivity index (χ0) is 30.2. The first-order valence-electron chi connectivity index (χ1n) is 13.3. The quantitative estimate of drug-likeness (QED) is 0.150. The third-order valence-electron chi connectivity index (χ3n) is 6.65. The van der Waals surface area contributed by atoms with Crippen LogP contribution >= 0.6 is 0 Å². The molecule has 7 nitrogen and oxygen atoms in total. The van der Waals surface area contributed by atoms with Gasteiger partial charge in [0.2, 0.25) is 5.90 Å². The van der Waals surface area contributed by atoms with E-state index < -0.39 is 35.1 Å². The average Bonchev–Trinajstić information content (AvgIpc) is 3.30. The number of halogens is 4. The van der Waals surface area contributed by atoms with Crippen molar-refractivity contribution in [2.24, 2.45) is 4.99 Å². The third kappa shape index (κ3) is 7.74. The highest BCUT2D eigenvalue weighted by molar-refractivity contribution is 6.00. The second-order valence-electron chi connectivity index (χ2n) is 9.72. The highest BCUT2D eigenvalue weighted by atomic mass is 19.4. The molecular formula is C31H31F4N3O4. The summed E-state index contributed by atoms with van der Waals surface area (Å²) in [6.45, 7) is 1.84. The molecule has 0 aromatic heterocycles. The van der Waals surface area contributed by atoms with E-state index in [9.17, 15) is 22.4 Å². The number of nitrogens with one attached hydrogen (secondary N) is 2. The fourth-order valence-electron chi connectivity index (χ4n) is 4.37. The van der Waals surface area contributed by atoms with Crippen LogP contribution in [0.25, 0.3) is 6.08 Å². The topological polar surface area (TPSA) is 92.2 Å². The molecule has 0 saturated heterocycles. The Balaban J connectivity index is 1.53. The zero-order valence-electron chi connectivity index (χ0n) is 22.8. The van der Waals surface area contributed by atoms with Crippen molar-refractivity contribution < 1.29 is 36.9 Å². The fourth-order valence-corrected chi connectivity index (χ4v) is 4.37. The SMILES string of the molecule is C[C@@H]1OC(c2ccc(OCCCO)cc2)=N[C@]1(C/C=C/c1ccccc1)C(=O)NNCc1cc(F)cc(C(F)(F)F)c1. The van der Waals surface area contributed by atoms with Crippen LogP contribution in [0.3, 0.4) is 0 Å². The lowest BCUT2D eigenvalue weighted by Crippen LogP contribution is -2.54. The number of rotatable bonds is 12. The molecule has 4 rings (SSSR count). The molecule has 2 atom stereocenters. The number of hydrogen-bond acceptors (Lipinski definition) is 6. The summed E-state index contributed by atoms with van der Waals surface area (Å²) < 4.78 is 64.7. The van der Waals surface area contributed by atoms with E-state index in [1.54, 1.807) is 31.2 Å². The predicted molar refractivity (Wildman–Crippen MR) is 150 cm³/mol. The number of hydrazine groups is 1. The van der Waals surface area contributed by atoms with Gasteiger partial charge in [-0.3, -0.25) is 10.2 Å². The Morgan fingerprint density at radius 3 is 2.55 bits per heavy atom. The summed E-state index contributed by atoms with van der Waals surface area (Å²) in [6, 6.07) is 18.6. The lowest BCUT2D eigenvalue weighted by Gasteiger charge is -2.27. The van der Waals surface area contributed by atoms with Crippen molar-refractivity contribution >= 4 is 17.9 Å². The predicted octanol–water partition coefficient (Wildman–Crippen LogP) is 5.43. The summed E-state index contributed by atoms with van der Waals surface area (Å²) in [6.07, 6.45) is -1.10. The maximum Gasteiger partial charge on any atom is 0.416 e. The van der Waals surface area contributed by atoms with E-state index in [-0.39, 0.29) is 31.0 Å². The summed E-state index contributed by atoms with van der Waals surface area (Å²) >= 11 is 0. The Bertz CT molecular complexity index is 1410. The highest BCUT2D eigenvalue weighted by Gasteiger charge is 2.49. The molecule has 0 fully saturated rings. The first-order valence-corrected chi connectivity index (χ1v) is 13.3. The molecule has 1 heterocycles. The molecule has 11 heteroatoms. The number of alkyl halides is 3. The van der Waals surface area contributed by atoms with Crippen LogP contribution in [-0.4, -0.2) is 41.8 Å². The van der Waals surface area contributed by atoms with Gasteiger partial charge in [-0.15, -0.1) is 0 Å². The Kier molecular flexibility index (Phi) is 9.97. The van der Waals surface area contributed by atoms with Crippen LogP contribution in [0.2, 0.25) is 0 Å². The lowest BCUT2D eigenvalue weighted by atomic mass is 9.89. The number of hydrogen-bond donors (Lipinski definition) is 3. The van der Waals surface area contributed by atoms with Gasteiger partial charge in [-0.05, 0) is 60.5 Å². The number of carbonyl (C=O) groups excluding carboxylic acids is 1. The van der Waals surface area contributed by atoms with Crippen LogP contribution in [0, 0.1) is 5.82 Å². The summed E-state index contributed by atoms with van der Waals surface area (Å²) in [5.74, 6) is -0.761. The largest absolute Gasteiger partial charge is 0.494 e. The van der Waals surface area contributed by atoms with Crippen molar-refractivity contribution in [2.45, 2.75) is 44.1 Å². The molecule has 1 aliphatic rings. The van der Waals surface area contributed by atoms with Gasteiger partial charge in [0.05, 0.1) is 12.2 Å². The second kappa shape index (κ2) is 13.6. The van der Waals surface area contributed by atoms with Crippen LogP contribution in [0.15, 0.2) is 83.9 Å². The molecule has 42 heavy (non-hydrogen) atoms. The van der Waals surface area contributed by atoms with E-state index in [0.717, 1.165) is 17.7 Å². The number of aliphatic imine (C=N–C) groups is 1. The number of nitrogens with zero attached hydrogens (tertiary/aromatic N) is 1. The molecule has 222 valence electrons. The number of amides is 1. The number of ether oxygens (including phenoxy) is 2. The highest BCUT2D eigenvalue weighted by Crippen LogP contribution is 2.33. The van der Waals surface area contributed by atoms with E-state index >= 15 is 0 Å². The van der Waals surface area contributed by atoms with Gasteiger partial charge >= 0.3 is 6.18 Å². The molecule has 0 radical (unpaired) electrons. The minimum Gasteiger partial charge on any atom is -0.494 e. The Morgan fingerprint density at radius 1 is 1.12 bits per heavy atom. The van der Waals surface area contributed by atoms with E-state index in [4.69, 9.17) is 19.6 Å². The molecule has 0 aliphatic carbocycles. The van der Waals surface area contributed by atoms with Gasteiger partial charge in [0.25, 0.3) is 5.91 Å². The normalized spacial score (nSPS) is 18.5. The fraction of sp³-hybridized carbons (Fsp3) is 0.290. The molecule has 0 spiro atoms. The van der Waals surface area contributed by atoms with E-state index in [2.05, 4.69) is 10.9 Å². The van der Waals surface area contributed by atoms with Gasteiger partial charge in [0.1, 0.15) is 17.7 Å². The molecule has 0 saturated carbocycles. The molecule has 3 aromatic carbocycles. The van der Waals surface area contributed by atoms with Gasteiger partial charge < -0.3 is 14.6 Å².